The van der Waals surface area contributed by atoms with Crippen LogP contribution in [0.2, 0.25) is 5.02 Å². The number of nitrogens with zero attached hydrogens (tertiary/aromatic N) is 2. The predicted molar refractivity (Wildman–Crippen MR) is 123 cm³/mol. The summed E-state index contributed by atoms with van der Waals surface area (Å²) in [6, 6.07) is 9.70. The Morgan fingerprint density at radius 1 is 1.15 bits per heavy atom. The van der Waals surface area contributed by atoms with Gasteiger partial charge in [-0.15, -0.1) is 0 Å². The fraction of sp³-hybridized carbons (Fsp3) is 0.238. The number of anilines is 1. The van der Waals surface area contributed by atoms with Gasteiger partial charge in [0.25, 0.3) is 11.6 Å². The minimum atomic E-state index is -3.57. The van der Waals surface area contributed by atoms with Crippen LogP contribution in [0.1, 0.15) is 19.4 Å². The van der Waals surface area contributed by atoms with Gasteiger partial charge in [0, 0.05) is 30.9 Å². The lowest BCUT2D eigenvalue weighted by Gasteiger charge is -2.18. The van der Waals surface area contributed by atoms with Crippen molar-refractivity contribution in [2.24, 2.45) is 0 Å². The number of benzene rings is 2. The largest absolute Gasteiger partial charge is 0.452 e. The van der Waals surface area contributed by atoms with Crippen LogP contribution in [0, 0.1) is 10.1 Å². The summed E-state index contributed by atoms with van der Waals surface area (Å²) in [6.07, 6.45) is 2.50. The molecule has 0 aromatic heterocycles. The lowest BCUT2D eigenvalue weighted by molar-refractivity contribution is -0.384. The van der Waals surface area contributed by atoms with Gasteiger partial charge in [0.2, 0.25) is 10.0 Å². The van der Waals surface area contributed by atoms with E-state index in [9.17, 15) is 28.1 Å². The molecule has 2 aromatic rings. The zero-order valence-electron chi connectivity index (χ0n) is 17.9. The Labute approximate surface area is 196 Å². The molecule has 1 amide bonds. The number of esters is 1. The third-order valence-corrected chi connectivity index (χ3v) is 6.79. The van der Waals surface area contributed by atoms with Crippen LogP contribution in [0.15, 0.2) is 53.4 Å². The van der Waals surface area contributed by atoms with E-state index in [1.54, 1.807) is 26.0 Å². The molecule has 2 aromatic carbocycles. The topological polar surface area (TPSA) is 136 Å². The van der Waals surface area contributed by atoms with Crippen molar-refractivity contribution in [2.45, 2.75) is 18.7 Å². The Hall–Kier alpha value is -3.28. The highest BCUT2D eigenvalue weighted by molar-refractivity contribution is 7.89. The molecule has 0 heterocycles. The standard InChI is InChI=1S/C21H22ClN3O7S/c1-3-24(4-2)33(30,31)17-9-5-15(6-10-17)7-12-21(27)32-14-20(26)23-16-8-11-18(22)19(13-16)25(28)29/h5-13H,3-4,14H2,1-2H3,(H,23,26). The minimum Gasteiger partial charge on any atom is -0.452 e. The van der Waals surface area contributed by atoms with Crippen molar-refractivity contribution in [1.29, 1.82) is 0 Å². The molecule has 0 radical (unpaired) electrons. The predicted octanol–water partition coefficient (Wildman–Crippen LogP) is 3.47. The first-order valence-corrected chi connectivity index (χ1v) is 11.6. The molecular formula is C21H22ClN3O7S. The summed E-state index contributed by atoms with van der Waals surface area (Å²) in [5.74, 6) is -1.49. The lowest BCUT2D eigenvalue weighted by atomic mass is 10.2. The highest BCUT2D eigenvalue weighted by atomic mass is 35.5. The van der Waals surface area contributed by atoms with Gasteiger partial charge in [-0.25, -0.2) is 13.2 Å². The van der Waals surface area contributed by atoms with E-state index < -0.39 is 33.4 Å². The molecule has 1 N–H and O–H groups in total. The molecule has 10 nitrogen and oxygen atoms in total. The molecule has 0 aliphatic carbocycles. The number of hydrogen-bond donors (Lipinski definition) is 1. The van der Waals surface area contributed by atoms with Crippen molar-refractivity contribution >= 4 is 51.0 Å². The van der Waals surface area contributed by atoms with Crippen LogP contribution in [0.5, 0.6) is 0 Å². The maximum absolute atomic E-state index is 12.5. The Kier molecular flexibility index (Phi) is 9.09. The van der Waals surface area contributed by atoms with Gasteiger partial charge in [0.15, 0.2) is 6.61 Å². The Bertz CT molecular complexity index is 1160. The average molecular weight is 496 g/mol. The summed E-state index contributed by atoms with van der Waals surface area (Å²) in [5.41, 5.74) is 0.316. The molecule has 0 aliphatic heterocycles. The quantitative estimate of drug-likeness (QED) is 0.230. The maximum atomic E-state index is 12.5. The number of ether oxygens (including phenoxy) is 1. The molecule has 2 rings (SSSR count). The number of nitro benzene ring substituents is 1. The second-order valence-electron chi connectivity index (χ2n) is 6.57. The number of halogens is 1. The summed E-state index contributed by atoms with van der Waals surface area (Å²) in [5, 5.41) is 13.2. The normalized spacial score (nSPS) is 11.5. The van der Waals surface area contributed by atoms with Crippen LogP contribution in [0.25, 0.3) is 6.08 Å². The van der Waals surface area contributed by atoms with Crippen LogP contribution < -0.4 is 5.32 Å². The molecule has 0 unspecified atom stereocenters. The number of sulfonamides is 1. The van der Waals surface area contributed by atoms with E-state index in [1.807, 2.05) is 0 Å². The zero-order chi connectivity index (χ0) is 24.6. The zero-order valence-corrected chi connectivity index (χ0v) is 19.4. The first-order chi connectivity index (χ1) is 15.6. The number of rotatable bonds is 10. The van der Waals surface area contributed by atoms with Crippen molar-refractivity contribution in [3.8, 4) is 0 Å². The van der Waals surface area contributed by atoms with E-state index in [4.69, 9.17) is 16.3 Å². The van der Waals surface area contributed by atoms with E-state index >= 15 is 0 Å². The summed E-state index contributed by atoms with van der Waals surface area (Å²) >= 11 is 5.71. The van der Waals surface area contributed by atoms with Crippen LogP contribution in [-0.2, 0) is 24.3 Å². The lowest BCUT2D eigenvalue weighted by Crippen LogP contribution is -2.30. The molecule has 12 heteroatoms. The third-order valence-electron chi connectivity index (χ3n) is 4.41. The van der Waals surface area contributed by atoms with Crippen LogP contribution in [0.3, 0.4) is 0 Å². The first kappa shape index (κ1) is 26.0. The van der Waals surface area contributed by atoms with Gasteiger partial charge in [0.05, 0.1) is 9.82 Å². The molecule has 0 fully saturated rings. The highest BCUT2D eigenvalue weighted by Crippen LogP contribution is 2.27. The molecule has 0 spiro atoms. The minimum absolute atomic E-state index is 0.0757. The van der Waals surface area contributed by atoms with Crippen molar-refractivity contribution in [3.05, 3.63) is 69.2 Å². The number of amides is 1. The third kappa shape index (κ3) is 7.11. The summed E-state index contributed by atoms with van der Waals surface area (Å²) in [4.78, 5) is 34.1. The van der Waals surface area contributed by atoms with Crippen molar-refractivity contribution in [1.82, 2.24) is 4.31 Å². The molecule has 0 atom stereocenters. The van der Waals surface area contributed by atoms with Gasteiger partial charge in [-0.05, 0) is 35.9 Å². The number of carbonyl (C=O) groups excluding carboxylic acids is 2. The van der Waals surface area contributed by atoms with Crippen molar-refractivity contribution in [3.63, 3.8) is 0 Å². The number of nitrogens with one attached hydrogen (secondary N) is 1. The number of carbonyl (C=O) groups is 2. The van der Waals surface area contributed by atoms with Crippen LogP contribution in [0.4, 0.5) is 11.4 Å². The van der Waals surface area contributed by atoms with Crippen LogP contribution in [-0.4, -0.2) is 49.2 Å². The fourth-order valence-corrected chi connectivity index (χ4v) is 4.38. The van der Waals surface area contributed by atoms with Gasteiger partial charge >= 0.3 is 5.97 Å². The smallest absolute Gasteiger partial charge is 0.331 e. The monoisotopic (exact) mass is 495 g/mol. The van der Waals surface area contributed by atoms with Gasteiger partial charge in [-0.1, -0.05) is 37.6 Å². The van der Waals surface area contributed by atoms with E-state index in [0.29, 0.717) is 18.7 Å². The summed E-state index contributed by atoms with van der Waals surface area (Å²) in [7, 11) is -3.57. The van der Waals surface area contributed by atoms with Gasteiger partial charge in [0.1, 0.15) is 5.02 Å². The van der Waals surface area contributed by atoms with Gasteiger partial charge in [-0.3, -0.25) is 14.9 Å². The highest BCUT2D eigenvalue weighted by Gasteiger charge is 2.21. The second kappa shape index (κ2) is 11.5. The molecule has 0 bridgehead atoms. The molecular weight excluding hydrogens is 474 g/mol. The molecule has 0 aliphatic rings. The first-order valence-electron chi connectivity index (χ1n) is 9.77. The van der Waals surface area contributed by atoms with Crippen molar-refractivity contribution < 1.29 is 27.7 Å². The summed E-state index contributed by atoms with van der Waals surface area (Å²) < 4.78 is 31.1. The van der Waals surface area contributed by atoms with E-state index in [-0.39, 0.29) is 21.3 Å². The number of nitro groups is 1. The SMILES string of the molecule is CCN(CC)S(=O)(=O)c1ccc(C=CC(=O)OCC(=O)Nc2ccc(Cl)c([N+](=O)[O-])c2)cc1. The Morgan fingerprint density at radius 3 is 2.36 bits per heavy atom. The van der Waals surface area contributed by atoms with Crippen LogP contribution >= 0.6 is 11.6 Å². The Balaban J connectivity index is 1.92. The molecule has 176 valence electrons. The van der Waals surface area contributed by atoms with E-state index in [2.05, 4.69) is 5.32 Å². The molecule has 0 saturated heterocycles. The fourth-order valence-electron chi connectivity index (χ4n) is 2.74. The Morgan fingerprint density at radius 2 is 1.79 bits per heavy atom. The second-order valence-corrected chi connectivity index (χ2v) is 8.92. The van der Waals surface area contributed by atoms with Gasteiger partial charge < -0.3 is 10.1 Å². The van der Waals surface area contributed by atoms with Gasteiger partial charge in [-0.2, -0.15) is 4.31 Å². The maximum Gasteiger partial charge on any atom is 0.331 e. The molecule has 33 heavy (non-hydrogen) atoms. The number of hydrogen-bond acceptors (Lipinski definition) is 7. The average Bonchev–Trinajstić information content (AvgIpc) is 2.78. The van der Waals surface area contributed by atoms with E-state index in [0.717, 1.165) is 12.1 Å². The molecule has 0 saturated carbocycles. The van der Waals surface area contributed by atoms with E-state index in [1.165, 1.54) is 34.6 Å². The summed E-state index contributed by atoms with van der Waals surface area (Å²) in [6.45, 7) is 3.61. The van der Waals surface area contributed by atoms with Crippen molar-refractivity contribution in [2.75, 3.05) is 25.0 Å².